The van der Waals surface area contributed by atoms with Gasteiger partial charge < -0.3 is 9.88 Å². The Hall–Kier alpha value is -1.20. The van der Waals surface area contributed by atoms with E-state index < -0.39 is 0 Å². The maximum absolute atomic E-state index is 6.03. The Morgan fingerprint density at radius 3 is 2.94 bits per heavy atom. The highest BCUT2D eigenvalue weighted by atomic mass is 35.5. The van der Waals surface area contributed by atoms with Gasteiger partial charge in [0.1, 0.15) is 6.33 Å². The Labute approximate surface area is 109 Å². The number of rotatable bonds is 5. The summed E-state index contributed by atoms with van der Waals surface area (Å²) in [7, 11) is 1.93. The molecule has 0 spiro atoms. The van der Waals surface area contributed by atoms with Gasteiger partial charge in [0.25, 0.3) is 0 Å². The van der Waals surface area contributed by atoms with E-state index in [1.807, 2.05) is 35.9 Å². The molecule has 0 fully saturated rings. The van der Waals surface area contributed by atoms with Crippen LogP contribution in [0.5, 0.6) is 0 Å². The molecule has 0 aliphatic carbocycles. The highest BCUT2D eigenvalue weighted by Crippen LogP contribution is 2.20. The van der Waals surface area contributed by atoms with E-state index >= 15 is 0 Å². The molecular weight excluding hydrogens is 256 g/mol. The highest BCUT2D eigenvalue weighted by Gasteiger charge is 2.01. The molecular formula is C11H13ClN4S. The summed E-state index contributed by atoms with van der Waals surface area (Å²) in [5, 5.41) is 12.8. The van der Waals surface area contributed by atoms with Crippen molar-refractivity contribution in [1.29, 1.82) is 0 Å². The van der Waals surface area contributed by atoms with Gasteiger partial charge in [0, 0.05) is 19.3 Å². The summed E-state index contributed by atoms with van der Waals surface area (Å²) in [6.07, 6.45) is 1.70. The first kappa shape index (κ1) is 12.3. The SMILES string of the molecule is Cn1cnnc1SCCNc1ccccc1Cl. The Balaban J connectivity index is 1.77. The molecule has 1 aromatic carbocycles. The summed E-state index contributed by atoms with van der Waals surface area (Å²) in [6.45, 7) is 0.835. The molecule has 0 bridgehead atoms. The molecule has 0 aliphatic heterocycles. The van der Waals surface area contributed by atoms with Gasteiger partial charge in [-0.3, -0.25) is 0 Å². The normalized spacial score (nSPS) is 10.5. The van der Waals surface area contributed by atoms with Gasteiger partial charge in [-0.1, -0.05) is 35.5 Å². The second-order valence-electron chi connectivity index (χ2n) is 3.48. The van der Waals surface area contributed by atoms with Crippen molar-refractivity contribution < 1.29 is 0 Å². The molecule has 1 heterocycles. The molecule has 2 rings (SSSR count). The summed E-state index contributed by atoms with van der Waals surface area (Å²) >= 11 is 7.69. The minimum Gasteiger partial charge on any atom is -0.383 e. The molecule has 90 valence electrons. The van der Waals surface area contributed by atoms with Gasteiger partial charge in [0.15, 0.2) is 5.16 Å². The molecule has 17 heavy (non-hydrogen) atoms. The number of nitrogens with zero attached hydrogens (tertiary/aromatic N) is 3. The zero-order valence-corrected chi connectivity index (χ0v) is 11.0. The maximum Gasteiger partial charge on any atom is 0.190 e. The van der Waals surface area contributed by atoms with Crippen molar-refractivity contribution in [2.45, 2.75) is 5.16 Å². The third-order valence-electron chi connectivity index (χ3n) is 2.19. The Morgan fingerprint density at radius 1 is 1.41 bits per heavy atom. The van der Waals surface area contributed by atoms with Crippen LogP contribution in [0.1, 0.15) is 0 Å². The van der Waals surface area contributed by atoms with Crippen LogP contribution in [0.25, 0.3) is 0 Å². The number of thioether (sulfide) groups is 1. The number of anilines is 1. The minimum atomic E-state index is 0.746. The molecule has 0 amide bonds. The second kappa shape index (κ2) is 5.93. The van der Waals surface area contributed by atoms with E-state index in [1.54, 1.807) is 18.1 Å². The van der Waals surface area contributed by atoms with Crippen LogP contribution >= 0.6 is 23.4 Å². The van der Waals surface area contributed by atoms with Crippen LogP contribution < -0.4 is 5.32 Å². The van der Waals surface area contributed by atoms with Gasteiger partial charge in [0.05, 0.1) is 10.7 Å². The van der Waals surface area contributed by atoms with Crippen molar-refractivity contribution in [1.82, 2.24) is 14.8 Å². The number of aromatic nitrogens is 3. The molecule has 4 nitrogen and oxygen atoms in total. The highest BCUT2D eigenvalue weighted by molar-refractivity contribution is 7.99. The maximum atomic E-state index is 6.03. The van der Waals surface area contributed by atoms with Crippen LogP contribution in [-0.4, -0.2) is 27.1 Å². The standard InChI is InChI=1S/C11H13ClN4S/c1-16-8-14-15-11(16)17-7-6-13-10-5-3-2-4-9(10)12/h2-5,8,13H,6-7H2,1H3. The lowest BCUT2D eigenvalue weighted by Crippen LogP contribution is -2.05. The molecule has 6 heteroatoms. The van der Waals surface area contributed by atoms with Crippen LogP contribution in [0.15, 0.2) is 35.7 Å². The van der Waals surface area contributed by atoms with Crippen LogP contribution in [-0.2, 0) is 7.05 Å². The van der Waals surface area contributed by atoms with Crippen molar-refractivity contribution in [3.05, 3.63) is 35.6 Å². The van der Waals surface area contributed by atoms with Crippen LogP contribution in [0.4, 0.5) is 5.69 Å². The number of hydrogen-bond acceptors (Lipinski definition) is 4. The van der Waals surface area contributed by atoms with Gasteiger partial charge >= 0.3 is 0 Å². The van der Waals surface area contributed by atoms with E-state index in [2.05, 4.69) is 15.5 Å². The van der Waals surface area contributed by atoms with Gasteiger partial charge in [-0.2, -0.15) is 0 Å². The van der Waals surface area contributed by atoms with E-state index in [0.29, 0.717) is 0 Å². The summed E-state index contributed by atoms with van der Waals surface area (Å²) in [6, 6.07) is 7.72. The zero-order chi connectivity index (χ0) is 12.1. The number of benzene rings is 1. The Kier molecular flexibility index (Phi) is 4.28. The number of nitrogens with one attached hydrogen (secondary N) is 1. The van der Waals surface area contributed by atoms with E-state index in [0.717, 1.165) is 28.2 Å². The lowest BCUT2D eigenvalue weighted by atomic mass is 10.3. The van der Waals surface area contributed by atoms with Crippen molar-refractivity contribution in [3.8, 4) is 0 Å². The lowest BCUT2D eigenvalue weighted by Gasteiger charge is -2.07. The molecule has 0 radical (unpaired) electrons. The molecule has 1 aromatic heterocycles. The molecule has 1 N–H and O–H groups in total. The fourth-order valence-corrected chi connectivity index (χ4v) is 2.28. The van der Waals surface area contributed by atoms with Crippen LogP contribution in [0.3, 0.4) is 0 Å². The van der Waals surface area contributed by atoms with E-state index in [-0.39, 0.29) is 0 Å². The number of hydrogen-bond donors (Lipinski definition) is 1. The van der Waals surface area contributed by atoms with E-state index in [9.17, 15) is 0 Å². The third kappa shape index (κ3) is 3.38. The van der Waals surface area contributed by atoms with E-state index in [4.69, 9.17) is 11.6 Å². The Morgan fingerprint density at radius 2 is 2.24 bits per heavy atom. The lowest BCUT2D eigenvalue weighted by molar-refractivity contribution is 0.788. The van der Waals surface area contributed by atoms with Gasteiger partial charge in [-0.05, 0) is 12.1 Å². The van der Waals surface area contributed by atoms with Crippen molar-refractivity contribution in [2.24, 2.45) is 7.05 Å². The smallest absolute Gasteiger partial charge is 0.190 e. The van der Waals surface area contributed by atoms with Crippen molar-refractivity contribution in [3.63, 3.8) is 0 Å². The van der Waals surface area contributed by atoms with Gasteiger partial charge in [-0.15, -0.1) is 10.2 Å². The first-order valence-electron chi connectivity index (χ1n) is 5.22. The van der Waals surface area contributed by atoms with Gasteiger partial charge in [0.2, 0.25) is 0 Å². The summed E-state index contributed by atoms with van der Waals surface area (Å²) in [4.78, 5) is 0. The molecule has 0 unspecified atom stereocenters. The third-order valence-corrected chi connectivity index (χ3v) is 3.56. The topological polar surface area (TPSA) is 42.7 Å². The van der Waals surface area contributed by atoms with Crippen LogP contribution in [0.2, 0.25) is 5.02 Å². The number of aryl methyl sites for hydroxylation is 1. The largest absolute Gasteiger partial charge is 0.383 e. The van der Waals surface area contributed by atoms with Crippen molar-refractivity contribution >= 4 is 29.1 Å². The summed E-state index contributed by atoms with van der Waals surface area (Å²) in [5.74, 6) is 0.914. The summed E-state index contributed by atoms with van der Waals surface area (Å²) in [5.41, 5.74) is 0.965. The first-order chi connectivity index (χ1) is 8.27. The summed E-state index contributed by atoms with van der Waals surface area (Å²) < 4.78 is 1.90. The second-order valence-corrected chi connectivity index (χ2v) is 4.95. The zero-order valence-electron chi connectivity index (χ0n) is 9.43. The van der Waals surface area contributed by atoms with Crippen molar-refractivity contribution in [2.75, 3.05) is 17.6 Å². The molecule has 2 aromatic rings. The molecule has 0 saturated heterocycles. The Bertz CT molecular complexity index is 486. The minimum absolute atomic E-state index is 0.746. The van der Waals surface area contributed by atoms with E-state index in [1.165, 1.54) is 0 Å². The molecule has 0 aliphatic rings. The molecule has 0 atom stereocenters. The van der Waals surface area contributed by atoms with Crippen LogP contribution in [0, 0.1) is 0 Å². The average Bonchev–Trinajstić information content (AvgIpc) is 2.73. The predicted octanol–water partition coefficient (Wildman–Crippen LogP) is 2.67. The number of para-hydroxylation sites is 1. The quantitative estimate of drug-likeness (QED) is 0.669. The average molecular weight is 269 g/mol. The fourth-order valence-electron chi connectivity index (χ4n) is 1.34. The fraction of sp³-hybridized carbons (Fsp3) is 0.273. The van der Waals surface area contributed by atoms with Gasteiger partial charge in [-0.25, -0.2) is 0 Å². The monoisotopic (exact) mass is 268 g/mol. The first-order valence-corrected chi connectivity index (χ1v) is 6.59. The number of halogens is 1. The predicted molar refractivity (Wildman–Crippen MR) is 71.7 cm³/mol. The molecule has 0 saturated carbocycles.